The topological polar surface area (TPSA) is 120 Å². The normalized spacial score (nSPS) is 14.2. The van der Waals surface area contributed by atoms with E-state index in [0.717, 1.165) is 71.5 Å². The van der Waals surface area contributed by atoms with Crippen LogP contribution >= 0.6 is 11.3 Å². The molecule has 0 unspecified atom stereocenters. The molecular formula is C29H29N7O2S. The highest BCUT2D eigenvalue weighted by atomic mass is 32.1. The molecule has 1 fully saturated rings. The van der Waals surface area contributed by atoms with E-state index in [2.05, 4.69) is 48.3 Å². The third-order valence-corrected chi connectivity index (χ3v) is 8.00. The molecular weight excluding hydrogens is 510 g/mol. The predicted molar refractivity (Wildman–Crippen MR) is 158 cm³/mol. The number of amides is 1. The van der Waals surface area contributed by atoms with Crippen LogP contribution in [0, 0.1) is 0 Å². The van der Waals surface area contributed by atoms with Crippen LogP contribution < -0.4 is 21.5 Å². The zero-order valence-electron chi connectivity index (χ0n) is 21.6. The number of carbonyl (C=O) groups excluding carboxylic acids is 1. The molecule has 4 N–H and O–H groups in total. The number of nitrogen functional groups attached to an aromatic ring is 1. The summed E-state index contributed by atoms with van der Waals surface area (Å²) < 4.78 is 0.925. The number of nitrogens with two attached hydrogens (primary N) is 1. The van der Waals surface area contributed by atoms with Crippen molar-refractivity contribution < 1.29 is 4.79 Å². The van der Waals surface area contributed by atoms with Crippen LogP contribution in [0.15, 0.2) is 65.6 Å². The number of hydrogen-bond acceptors (Lipinski definition) is 8. The quantitative estimate of drug-likeness (QED) is 0.295. The van der Waals surface area contributed by atoms with E-state index in [1.807, 2.05) is 37.3 Å². The number of aryl methyl sites for hydroxylation is 1. The number of thiazole rings is 1. The molecule has 1 aliphatic heterocycles. The van der Waals surface area contributed by atoms with Gasteiger partial charge < -0.3 is 20.9 Å². The van der Waals surface area contributed by atoms with Gasteiger partial charge >= 0.3 is 0 Å². The number of anilines is 3. The first-order valence-electron chi connectivity index (χ1n) is 13.0. The standard InChI is InChI=1S/C29H29N7O2S/c1-2-19-14-20-4-3-18(13-25(20)33-27(19)37)17-35-9-11-36(12-10-35)22-6-8-24(31-16-22)28(38)32-21-5-7-23-26(15-21)39-29(30)34-23/h3-8,13-16H,2,9-12,17H2,1H3,(H2,30,34)(H,32,38)(H,33,37). The Labute approximate surface area is 229 Å². The van der Waals surface area contributed by atoms with Gasteiger partial charge in [-0.2, -0.15) is 0 Å². The summed E-state index contributed by atoms with van der Waals surface area (Å²) in [6.45, 7) is 6.39. The second-order valence-corrected chi connectivity index (χ2v) is 10.8. The van der Waals surface area contributed by atoms with Crippen molar-refractivity contribution in [3.63, 3.8) is 0 Å². The van der Waals surface area contributed by atoms with Crippen molar-refractivity contribution in [2.75, 3.05) is 42.1 Å². The van der Waals surface area contributed by atoms with Gasteiger partial charge in [-0.05, 0) is 59.8 Å². The third kappa shape index (κ3) is 5.34. The van der Waals surface area contributed by atoms with E-state index in [1.165, 1.54) is 16.9 Å². The molecule has 0 atom stereocenters. The number of benzene rings is 2. The Morgan fingerprint density at radius 3 is 2.69 bits per heavy atom. The molecule has 2 aromatic carbocycles. The van der Waals surface area contributed by atoms with Crippen LogP contribution in [0.1, 0.15) is 28.5 Å². The maximum absolute atomic E-state index is 12.7. The maximum atomic E-state index is 12.7. The van der Waals surface area contributed by atoms with Crippen LogP contribution in [0.2, 0.25) is 0 Å². The molecule has 198 valence electrons. The Balaban J connectivity index is 1.05. The van der Waals surface area contributed by atoms with Crippen LogP contribution in [-0.2, 0) is 13.0 Å². The second-order valence-electron chi connectivity index (χ2n) is 9.75. The predicted octanol–water partition coefficient (Wildman–Crippen LogP) is 4.25. The largest absolute Gasteiger partial charge is 0.375 e. The summed E-state index contributed by atoms with van der Waals surface area (Å²) in [4.78, 5) is 41.4. The Bertz CT molecular complexity index is 1720. The number of nitrogens with zero attached hydrogens (tertiary/aromatic N) is 4. The fraction of sp³-hybridized carbons (Fsp3) is 0.241. The molecule has 9 nitrogen and oxygen atoms in total. The summed E-state index contributed by atoms with van der Waals surface area (Å²) in [5.41, 5.74) is 11.5. The zero-order chi connectivity index (χ0) is 26.9. The highest BCUT2D eigenvalue weighted by Gasteiger charge is 2.19. The first kappa shape index (κ1) is 25.0. The summed E-state index contributed by atoms with van der Waals surface area (Å²) in [7, 11) is 0. The number of pyridine rings is 2. The van der Waals surface area contributed by atoms with E-state index in [1.54, 1.807) is 12.3 Å². The van der Waals surface area contributed by atoms with Gasteiger partial charge in [0.25, 0.3) is 11.5 Å². The molecule has 1 amide bonds. The molecule has 1 aliphatic rings. The monoisotopic (exact) mass is 539 g/mol. The Morgan fingerprint density at radius 1 is 1.08 bits per heavy atom. The van der Waals surface area contributed by atoms with Gasteiger partial charge in [-0.25, -0.2) is 9.97 Å². The molecule has 0 spiro atoms. The van der Waals surface area contributed by atoms with Gasteiger partial charge in [-0.15, -0.1) is 0 Å². The minimum absolute atomic E-state index is 0.00378. The minimum atomic E-state index is -0.258. The summed E-state index contributed by atoms with van der Waals surface area (Å²) in [6.07, 6.45) is 2.49. The second kappa shape index (κ2) is 10.5. The number of hydrogen-bond donors (Lipinski definition) is 3. The van der Waals surface area contributed by atoms with Crippen molar-refractivity contribution in [1.82, 2.24) is 19.9 Å². The summed E-state index contributed by atoms with van der Waals surface area (Å²) in [5, 5.41) is 4.47. The molecule has 0 aliphatic carbocycles. The van der Waals surface area contributed by atoms with Crippen molar-refractivity contribution in [2.45, 2.75) is 19.9 Å². The zero-order valence-corrected chi connectivity index (χ0v) is 22.4. The van der Waals surface area contributed by atoms with Gasteiger partial charge in [0, 0.05) is 49.5 Å². The Morgan fingerprint density at radius 2 is 1.92 bits per heavy atom. The molecule has 6 rings (SSSR count). The van der Waals surface area contributed by atoms with Gasteiger partial charge in [0.1, 0.15) is 5.69 Å². The molecule has 0 bridgehead atoms. The lowest BCUT2D eigenvalue weighted by Crippen LogP contribution is -2.46. The number of aromatic nitrogens is 3. The molecule has 0 radical (unpaired) electrons. The van der Waals surface area contributed by atoms with Crippen molar-refractivity contribution in [1.29, 1.82) is 0 Å². The average molecular weight is 540 g/mol. The molecule has 5 aromatic rings. The molecule has 39 heavy (non-hydrogen) atoms. The van der Waals surface area contributed by atoms with Crippen LogP contribution in [0.5, 0.6) is 0 Å². The van der Waals surface area contributed by atoms with Gasteiger partial charge in [0.05, 0.1) is 22.1 Å². The van der Waals surface area contributed by atoms with E-state index in [0.29, 0.717) is 16.5 Å². The number of piperazine rings is 1. The number of carbonyl (C=O) groups is 1. The maximum Gasteiger partial charge on any atom is 0.274 e. The Hall–Kier alpha value is -4.28. The minimum Gasteiger partial charge on any atom is -0.375 e. The van der Waals surface area contributed by atoms with E-state index in [-0.39, 0.29) is 11.5 Å². The number of rotatable bonds is 6. The smallest absolute Gasteiger partial charge is 0.274 e. The van der Waals surface area contributed by atoms with E-state index in [4.69, 9.17) is 5.73 Å². The third-order valence-electron chi connectivity index (χ3n) is 7.16. The van der Waals surface area contributed by atoms with Crippen LogP contribution in [0.3, 0.4) is 0 Å². The van der Waals surface area contributed by atoms with Crippen molar-refractivity contribution in [3.8, 4) is 0 Å². The fourth-order valence-electron chi connectivity index (χ4n) is 5.00. The van der Waals surface area contributed by atoms with Gasteiger partial charge in [0.15, 0.2) is 5.13 Å². The van der Waals surface area contributed by atoms with Gasteiger partial charge in [0.2, 0.25) is 0 Å². The summed E-state index contributed by atoms with van der Waals surface area (Å²) >= 11 is 1.39. The lowest BCUT2D eigenvalue weighted by atomic mass is 10.1. The van der Waals surface area contributed by atoms with Gasteiger partial charge in [-0.1, -0.05) is 30.4 Å². The number of fused-ring (bicyclic) bond motifs is 2. The first-order valence-corrected chi connectivity index (χ1v) is 13.8. The fourth-order valence-corrected chi connectivity index (χ4v) is 5.77. The number of nitrogens with one attached hydrogen (secondary N) is 2. The van der Waals surface area contributed by atoms with E-state index >= 15 is 0 Å². The highest BCUT2D eigenvalue weighted by Crippen LogP contribution is 2.27. The lowest BCUT2D eigenvalue weighted by molar-refractivity contribution is 0.102. The van der Waals surface area contributed by atoms with Crippen LogP contribution in [-0.4, -0.2) is 51.9 Å². The summed E-state index contributed by atoms with van der Waals surface area (Å²) in [6, 6.07) is 17.5. The molecule has 10 heteroatoms. The van der Waals surface area contributed by atoms with Crippen molar-refractivity contribution >= 4 is 54.9 Å². The molecule has 3 aromatic heterocycles. The molecule has 4 heterocycles. The lowest BCUT2D eigenvalue weighted by Gasteiger charge is -2.36. The SMILES string of the molecule is CCc1cc2ccc(CN3CCN(c4ccc(C(=O)Nc5ccc6nc(N)sc6c5)nc4)CC3)cc2[nH]c1=O. The number of H-pyrrole nitrogens is 1. The van der Waals surface area contributed by atoms with Gasteiger partial charge in [-0.3, -0.25) is 14.5 Å². The Kier molecular flexibility index (Phi) is 6.72. The summed E-state index contributed by atoms with van der Waals surface area (Å²) in [5.74, 6) is -0.258. The van der Waals surface area contributed by atoms with E-state index in [9.17, 15) is 9.59 Å². The highest BCUT2D eigenvalue weighted by molar-refractivity contribution is 7.22. The first-order chi connectivity index (χ1) is 18.9. The molecule has 0 saturated carbocycles. The van der Waals surface area contributed by atoms with Crippen LogP contribution in [0.25, 0.3) is 21.1 Å². The van der Waals surface area contributed by atoms with E-state index < -0.39 is 0 Å². The molecule has 1 saturated heterocycles. The van der Waals surface area contributed by atoms with Crippen LogP contribution in [0.4, 0.5) is 16.5 Å². The van der Waals surface area contributed by atoms with Crippen molar-refractivity contribution in [3.05, 3.63) is 88.0 Å². The number of aromatic amines is 1. The van der Waals surface area contributed by atoms with Crippen molar-refractivity contribution in [2.24, 2.45) is 0 Å². The average Bonchev–Trinajstić information content (AvgIpc) is 3.32.